The fourth-order valence-electron chi connectivity index (χ4n) is 2.31. The normalized spacial score (nSPS) is 10.9. The van der Waals surface area contributed by atoms with Crippen molar-refractivity contribution in [2.75, 3.05) is 0 Å². The minimum absolute atomic E-state index is 0.819. The Bertz CT molecular complexity index is 701. The third kappa shape index (κ3) is 6.80. The maximum absolute atomic E-state index is 9.58. The first-order chi connectivity index (χ1) is 12.0. The molecule has 130 valence electrons. The van der Waals surface area contributed by atoms with E-state index in [1.807, 2.05) is 0 Å². The minimum atomic E-state index is -3.85. The smallest absolute Gasteiger partial charge is 0.0622 e. The summed E-state index contributed by atoms with van der Waals surface area (Å²) in [5, 5.41) is 0. The van der Waals surface area contributed by atoms with Gasteiger partial charge in [-0.2, -0.15) is 0 Å². The third-order valence-electron chi connectivity index (χ3n) is 3.27. The molecule has 25 heavy (non-hydrogen) atoms. The van der Waals surface area contributed by atoms with E-state index in [2.05, 4.69) is 91.0 Å². The van der Waals surface area contributed by atoms with Crippen molar-refractivity contribution in [1.82, 2.24) is 0 Å². The van der Waals surface area contributed by atoms with Gasteiger partial charge in [0.25, 0.3) is 0 Å². The fraction of sp³-hybridized carbons (Fsp3) is 0. The maximum Gasteiger partial charge on any atom is 0.0629 e. The molecule has 0 heterocycles. The van der Waals surface area contributed by atoms with Gasteiger partial charge in [-0.05, 0) is 16.7 Å². The predicted molar refractivity (Wildman–Crippen MR) is 97.8 cm³/mol. The van der Waals surface area contributed by atoms with Crippen LogP contribution in [0.3, 0.4) is 0 Å². The number of hydrogen-bond donors (Lipinski definition) is 2. The molecule has 1 radical (unpaired) electrons. The van der Waals surface area contributed by atoms with Crippen LogP contribution in [-0.2, 0) is 18.2 Å². The molecule has 0 aliphatic carbocycles. The van der Waals surface area contributed by atoms with Gasteiger partial charge in [0.2, 0.25) is 0 Å². The summed E-state index contributed by atoms with van der Waals surface area (Å²) in [5.41, 5.74) is 3.75. The molecule has 0 saturated carbocycles. The van der Waals surface area contributed by atoms with Crippen LogP contribution in [0.4, 0.5) is 0 Å². The van der Waals surface area contributed by atoms with Crippen LogP contribution < -0.4 is 0 Å². The van der Waals surface area contributed by atoms with Crippen LogP contribution in [0.25, 0.3) is 0 Å². The summed E-state index contributed by atoms with van der Waals surface area (Å²) in [5.74, 6) is 1.28. The molecule has 6 heteroatoms. The molecule has 0 aromatic heterocycles. The molecule has 0 amide bonds. The molecular formula is C19H17ClMnO3P. The Morgan fingerprint density at radius 1 is 0.680 bits per heavy atom. The van der Waals surface area contributed by atoms with Crippen molar-refractivity contribution in [3.63, 3.8) is 0 Å². The second kappa shape index (κ2) is 9.94. The molecule has 2 N–H and O–H groups in total. The van der Waals surface area contributed by atoms with Crippen molar-refractivity contribution < 1.29 is 28.0 Å². The zero-order chi connectivity index (χ0) is 18.1. The summed E-state index contributed by atoms with van der Waals surface area (Å²) >= 11 is -0.819. The van der Waals surface area contributed by atoms with E-state index in [0.717, 1.165) is 0 Å². The second-order valence-corrected chi connectivity index (χ2v) is 10.3. The average Bonchev–Trinajstić information content (AvgIpc) is 2.65. The molecule has 3 aromatic rings. The van der Waals surface area contributed by atoms with E-state index in [1.54, 1.807) is 0 Å². The molecule has 0 aliphatic heterocycles. The zero-order valence-corrected chi connectivity index (χ0v) is 16.0. The van der Waals surface area contributed by atoms with Crippen molar-refractivity contribution >= 4 is 16.4 Å². The molecule has 3 aromatic carbocycles. The van der Waals surface area contributed by atoms with E-state index in [9.17, 15) is 4.57 Å². The summed E-state index contributed by atoms with van der Waals surface area (Å²) in [4.78, 5) is 15.6. The van der Waals surface area contributed by atoms with Gasteiger partial charge in [0.1, 0.15) is 0 Å². The number of rotatable bonds is 4. The topological polar surface area (TPSA) is 57.5 Å². The van der Waals surface area contributed by atoms with E-state index in [0.29, 0.717) is 0 Å². The second-order valence-electron chi connectivity index (χ2n) is 5.01. The fourth-order valence-corrected chi connectivity index (χ4v) is 2.31. The standard InChI is InChI=1S/C19H15.ClH.Mn.HO3P/c1-4-10-16(11-5-1)19(17-12-6-2-7-13-17)18-14-8-3-9-15-18;;;1-4(2)3/h1-15H;1H;;(H-,1,2,3). The van der Waals surface area contributed by atoms with E-state index in [4.69, 9.17) is 19.9 Å². The van der Waals surface area contributed by atoms with Crippen molar-refractivity contribution in [2.24, 2.45) is 0 Å². The van der Waals surface area contributed by atoms with Crippen LogP contribution in [0.2, 0.25) is 0 Å². The third-order valence-corrected chi connectivity index (χ3v) is 6.28. The Kier molecular flexibility index (Phi) is 7.92. The van der Waals surface area contributed by atoms with Crippen molar-refractivity contribution in [1.29, 1.82) is 0 Å². The molecule has 0 spiro atoms. The van der Waals surface area contributed by atoms with Gasteiger partial charge in [-0.1, -0.05) is 91.0 Å². The van der Waals surface area contributed by atoms with Gasteiger partial charge in [0.05, 0.1) is 5.92 Å². The van der Waals surface area contributed by atoms with Gasteiger partial charge in [-0.25, -0.2) is 0 Å². The Morgan fingerprint density at radius 2 is 0.920 bits per heavy atom. The van der Waals surface area contributed by atoms with Crippen LogP contribution in [0.1, 0.15) is 16.7 Å². The first kappa shape index (κ1) is 19.9. The monoisotopic (exact) mass is 414 g/mol. The summed E-state index contributed by atoms with van der Waals surface area (Å²) in [6.45, 7) is 0. The van der Waals surface area contributed by atoms with E-state index < -0.39 is 19.9 Å². The molecule has 0 unspecified atom stereocenters. The molecule has 0 atom stereocenters. The minimum Gasteiger partial charge on any atom is -0.0622 e. The first-order valence-corrected chi connectivity index (χ1v) is 12.1. The molecule has 3 rings (SSSR count). The molecule has 0 aliphatic rings. The Balaban J connectivity index is 0.000000326. The number of benzene rings is 3. The molecule has 0 saturated heterocycles. The Morgan fingerprint density at radius 3 is 1.12 bits per heavy atom. The Hall–Kier alpha value is -1.38. The van der Waals surface area contributed by atoms with Gasteiger partial charge in [0, 0.05) is 0 Å². The predicted octanol–water partition coefficient (Wildman–Crippen LogP) is 5.02. The summed E-state index contributed by atoms with van der Waals surface area (Å²) in [6, 6.07) is 31.6. The quantitative estimate of drug-likeness (QED) is 0.358. The Labute approximate surface area is 157 Å². The van der Waals surface area contributed by atoms with Crippen LogP contribution >= 0.6 is 16.4 Å². The van der Waals surface area contributed by atoms with Gasteiger partial charge < -0.3 is 0 Å². The zero-order valence-electron chi connectivity index (χ0n) is 13.2. The van der Waals surface area contributed by atoms with Crippen molar-refractivity contribution in [3.05, 3.63) is 114 Å². The SMILES string of the molecule is O=[P](O)(O)[Mn][Cl].c1ccc([C](c2ccccc2)c2ccccc2)cc1. The van der Waals surface area contributed by atoms with Crippen LogP contribution in [0.15, 0.2) is 91.0 Å². The molecular weight excluding hydrogens is 398 g/mol. The van der Waals surface area contributed by atoms with Gasteiger partial charge in [-0.3, -0.25) is 0 Å². The van der Waals surface area contributed by atoms with E-state index >= 15 is 0 Å². The molecule has 3 nitrogen and oxygen atoms in total. The van der Waals surface area contributed by atoms with E-state index in [1.165, 1.54) is 22.6 Å². The van der Waals surface area contributed by atoms with Crippen molar-refractivity contribution in [3.8, 4) is 0 Å². The summed E-state index contributed by atoms with van der Waals surface area (Å²) in [6.07, 6.45) is -3.85. The average molecular weight is 415 g/mol. The van der Waals surface area contributed by atoms with Crippen LogP contribution in [0.5, 0.6) is 0 Å². The largest absolute Gasteiger partial charge is 0.0629 e. The van der Waals surface area contributed by atoms with Crippen LogP contribution in [0, 0.1) is 5.92 Å². The molecule has 0 fully saturated rings. The number of hydrogen-bond acceptors (Lipinski definition) is 1. The van der Waals surface area contributed by atoms with Gasteiger partial charge >= 0.3 is 44.3 Å². The van der Waals surface area contributed by atoms with Gasteiger partial charge in [0.15, 0.2) is 0 Å². The summed E-state index contributed by atoms with van der Waals surface area (Å²) < 4.78 is 9.58. The van der Waals surface area contributed by atoms with Gasteiger partial charge in [-0.15, -0.1) is 0 Å². The molecule has 0 bridgehead atoms. The number of halogens is 1. The van der Waals surface area contributed by atoms with Crippen LogP contribution in [-0.4, -0.2) is 9.79 Å². The maximum atomic E-state index is 9.58. The first-order valence-electron chi connectivity index (χ1n) is 7.38. The van der Waals surface area contributed by atoms with E-state index in [-0.39, 0.29) is 0 Å². The van der Waals surface area contributed by atoms with Crippen molar-refractivity contribution in [2.45, 2.75) is 0 Å². The summed E-state index contributed by atoms with van der Waals surface area (Å²) in [7, 11) is 4.75.